The van der Waals surface area contributed by atoms with Gasteiger partial charge in [-0.05, 0) is 45.0 Å². The van der Waals surface area contributed by atoms with E-state index >= 15 is 0 Å². The van der Waals surface area contributed by atoms with E-state index in [1.807, 2.05) is 43.3 Å². The van der Waals surface area contributed by atoms with E-state index in [1.54, 1.807) is 4.90 Å². The second kappa shape index (κ2) is 14.6. The maximum Gasteiger partial charge on any atom is 0.238 e. The number of nitrogens with one attached hydrogen (secondary N) is 3. The van der Waals surface area contributed by atoms with Crippen LogP contribution in [-0.2, 0) is 14.4 Å². The summed E-state index contributed by atoms with van der Waals surface area (Å²) in [6.07, 6.45) is 0.818. The van der Waals surface area contributed by atoms with Crippen LogP contribution in [0, 0.1) is 28.6 Å². The fraction of sp³-hybridized carbons (Fsp3) is 0.577. The Kier molecular flexibility index (Phi) is 11.2. The average Bonchev–Trinajstić information content (AvgIpc) is 3.22. The number of rotatable bonds is 12. The van der Waals surface area contributed by atoms with Crippen LogP contribution in [0.1, 0.15) is 24.0 Å². The predicted molar refractivity (Wildman–Crippen MR) is 153 cm³/mol. The Morgan fingerprint density at radius 1 is 1.21 bits per heavy atom. The summed E-state index contributed by atoms with van der Waals surface area (Å²) in [5.41, 5.74) is 1.51. The number of amides is 3. The molecule has 2 aliphatic rings. The highest BCUT2D eigenvalue weighted by Gasteiger charge is 2.39. The Labute approximate surface area is 232 Å². The highest BCUT2D eigenvalue weighted by atomic mass is 32.2. The number of carbonyl (C=O) groups is 3. The molecule has 0 spiro atoms. The number of nitrogens with zero attached hydrogens (tertiary/aromatic N) is 5. The largest absolute Gasteiger partial charge is 0.383 e. The molecule has 2 aliphatic heterocycles. The summed E-state index contributed by atoms with van der Waals surface area (Å²) >= 11 is 1.53. The lowest BCUT2D eigenvalue weighted by Crippen LogP contribution is -2.47. The fourth-order valence-corrected chi connectivity index (χ4v) is 5.99. The second-order valence-electron chi connectivity index (χ2n) is 9.43. The van der Waals surface area contributed by atoms with Crippen LogP contribution in [0.2, 0.25) is 0 Å². The first-order valence-electron chi connectivity index (χ1n) is 12.9. The number of hydrogen-bond acceptors (Lipinski definition) is 9. The van der Waals surface area contributed by atoms with Gasteiger partial charge < -0.3 is 25.8 Å². The van der Waals surface area contributed by atoms with Crippen LogP contribution in [0.4, 0.5) is 11.4 Å². The summed E-state index contributed by atoms with van der Waals surface area (Å²) in [6, 6.07) is 11.3. The molecule has 0 saturated carbocycles. The lowest BCUT2D eigenvalue weighted by atomic mass is 10.0. The molecule has 38 heavy (non-hydrogen) atoms. The van der Waals surface area contributed by atoms with Crippen molar-refractivity contribution in [2.45, 2.75) is 30.4 Å². The number of nitriles is 2. The Morgan fingerprint density at radius 2 is 1.95 bits per heavy atom. The molecular formula is C26H42N8O3S. The molecule has 0 aromatic heterocycles. The van der Waals surface area contributed by atoms with Gasteiger partial charge in [0.15, 0.2) is 0 Å². The van der Waals surface area contributed by atoms with Crippen molar-refractivity contribution in [1.29, 1.82) is 10.5 Å². The normalized spacial score (nSPS) is 20.8. The van der Waals surface area contributed by atoms with Crippen molar-refractivity contribution in [1.82, 2.24) is 20.0 Å². The third-order valence-electron chi connectivity index (χ3n) is 6.69. The van der Waals surface area contributed by atoms with E-state index < -0.39 is 11.8 Å². The molecule has 2 fully saturated rings. The summed E-state index contributed by atoms with van der Waals surface area (Å²) in [6.45, 7) is 6.76. The van der Waals surface area contributed by atoms with Gasteiger partial charge in [0.05, 0.1) is 24.1 Å². The van der Waals surface area contributed by atoms with Gasteiger partial charge in [0.25, 0.3) is 0 Å². The van der Waals surface area contributed by atoms with E-state index in [9.17, 15) is 19.6 Å². The lowest BCUT2D eigenvalue weighted by Gasteiger charge is -2.31. The van der Waals surface area contributed by atoms with Crippen molar-refractivity contribution in [3.05, 3.63) is 24.3 Å². The third kappa shape index (κ3) is 8.35. The first-order chi connectivity index (χ1) is 18.3. The van der Waals surface area contributed by atoms with Crippen molar-refractivity contribution >= 4 is 40.9 Å². The molecule has 3 unspecified atom stereocenters. The van der Waals surface area contributed by atoms with E-state index in [0.717, 1.165) is 31.9 Å². The van der Waals surface area contributed by atoms with Gasteiger partial charge in [-0.3, -0.25) is 19.3 Å². The standard InChI is InChI=1S/C26H36N8O3S.3H2/c1-3-34-24(8-7-19(16-28)25(36)29-10-9-27)38-22(26(34)37)17-30-20-5-4-6-21(15-20)31-23(35)18-33-13-11-32(2)12-14-33;;;/h4-6,15,19,22,24,30H,3,7-8,10-14,17-18H2,1-2H3,(H,29,36)(H,31,35);3*1H. The topological polar surface area (TPSA) is 145 Å². The maximum absolute atomic E-state index is 13.0. The van der Waals surface area contributed by atoms with Crippen LogP contribution >= 0.6 is 11.8 Å². The average molecular weight is 547 g/mol. The van der Waals surface area contributed by atoms with Crippen molar-refractivity contribution in [3.8, 4) is 12.1 Å². The minimum Gasteiger partial charge on any atom is -0.383 e. The number of carbonyl (C=O) groups excluding carboxylic acids is 3. The molecule has 3 rings (SSSR count). The first kappa shape index (κ1) is 29.2. The van der Waals surface area contributed by atoms with Gasteiger partial charge in [0.2, 0.25) is 17.7 Å². The lowest BCUT2D eigenvalue weighted by molar-refractivity contribution is -0.129. The second-order valence-corrected chi connectivity index (χ2v) is 10.8. The molecule has 11 nitrogen and oxygen atoms in total. The number of benzene rings is 1. The van der Waals surface area contributed by atoms with E-state index in [4.69, 9.17) is 5.26 Å². The zero-order valence-electron chi connectivity index (χ0n) is 22.0. The highest BCUT2D eigenvalue weighted by Crippen LogP contribution is 2.35. The van der Waals surface area contributed by atoms with Gasteiger partial charge in [-0.2, -0.15) is 10.5 Å². The molecule has 2 heterocycles. The van der Waals surface area contributed by atoms with Crippen molar-refractivity contribution in [2.75, 3.05) is 70.0 Å². The monoisotopic (exact) mass is 546 g/mol. The van der Waals surface area contributed by atoms with Crippen LogP contribution in [0.5, 0.6) is 0 Å². The van der Waals surface area contributed by atoms with Crippen LogP contribution in [0.15, 0.2) is 24.3 Å². The number of thioether (sulfide) groups is 1. The van der Waals surface area contributed by atoms with Gasteiger partial charge in [0, 0.05) is 54.9 Å². The molecule has 2 saturated heterocycles. The minimum absolute atomic E-state index is 0. The number of likely N-dealkylation sites (N-methyl/N-ethyl adjacent to an activating group) is 1. The van der Waals surface area contributed by atoms with Crippen molar-refractivity contribution in [3.63, 3.8) is 0 Å². The van der Waals surface area contributed by atoms with Gasteiger partial charge >= 0.3 is 0 Å². The SMILES string of the molecule is CCN1C(=O)C(CNc2cccc(NC(=O)CN3CCN(C)CC3)c2)SC1CCC(C#N)C(=O)NCC#N.[HH].[HH].[HH]. The quantitative estimate of drug-likeness (QED) is 0.335. The zero-order chi connectivity index (χ0) is 27.5. The molecule has 0 bridgehead atoms. The van der Waals surface area contributed by atoms with Crippen LogP contribution < -0.4 is 16.0 Å². The summed E-state index contributed by atoms with van der Waals surface area (Å²) in [7, 11) is 2.08. The number of anilines is 2. The van der Waals surface area contributed by atoms with Crippen LogP contribution in [-0.4, -0.2) is 102 Å². The first-order valence-corrected chi connectivity index (χ1v) is 13.8. The zero-order valence-corrected chi connectivity index (χ0v) is 22.8. The molecule has 3 amide bonds. The molecule has 1 aromatic rings. The molecular weight excluding hydrogens is 504 g/mol. The van der Waals surface area contributed by atoms with Gasteiger partial charge in [-0.25, -0.2) is 0 Å². The molecule has 12 heteroatoms. The molecule has 1 aromatic carbocycles. The third-order valence-corrected chi connectivity index (χ3v) is 8.19. The minimum atomic E-state index is -0.857. The van der Waals surface area contributed by atoms with Gasteiger partial charge in [-0.15, -0.1) is 11.8 Å². The smallest absolute Gasteiger partial charge is 0.238 e. The Balaban J connectivity index is 0.00000533. The fourth-order valence-electron chi connectivity index (χ4n) is 4.51. The Bertz CT molecular complexity index is 1080. The van der Waals surface area contributed by atoms with E-state index in [1.165, 1.54) is 11.8 Å². The summed E-state index contributed by atoms with van der Waals surface area (Å²) in [5.74, 6) is -1.34. The van der Waals surface area contributed by atoms with Crippen molar-refractivity contribution < 1.29 is 18.7 Å². The van der Waals surface area contributed by atoms with E-state index in [-0.39, 0.29) is 33.3 Å². The van der Waals surface area contributed by atoms with Crippen molar-refractivity contribution in [2.24, 2.45) is 5.92 Å². The highest BCUT2D eigenvalue weighted by molar-refractivity contribution is 8.01. The molecule has 0 radical (unpaired) electrons. The number of hydrogen-bond donors (Lipinski definition) is 3. The summed E-state index contributed by atoms with van der Waals surface area (Å²) < 4.78 is 0. The maximum atomic E-state index is 13.0. The van der Waals surface area contributed by atoms with E-state index in [0.29, 0.717) is 38.2 Å². The molecule has 210 valence electrons. The number of piperazine rings is 1. The van der Waals surface area contributed by atoms with Gasteiger partial charge in [0.1, 0.15) is 17.7 Å². The Hall–Kier alpha value is -3.32. The van der Waals surface area contributed by atoms with E-state index in [2.05, 4.69) is 32.8 Å². The predicted octanol–water partition coefficient (Wildman–Crippen LogP) is 1.87. The van der Waals surface area contributed by atoms with Crippen LogP contribution in [0.25, 0.3) is 0 Å². The summed E-state index contributed by atoms with van der Waals surface area (Å²) in [5, 5.41) is 26.3. The van der Waals surface area contributed by atoms with Crippen LogP contribution in [0.3, 0.4) is 0 Å². The molecule has 0 aliphatic carbocycles. The molecule has 3 N–H and O–H groups in total. The Morgan fingerprint density at radius 3 is 2.63 bits per heavy atom. The summed E-state index contributed by atoms with van der Waals surface area (Å²) in [4.78, 5) is 43.8. The molecule has 3 atom stereocenters. The van der Waals surface area contributed by atoms with Gasteiger partial charge in [-0.1, -0.05) is 6.07 Å².